The summed E-state index contributed by atoms with van der Waals surface area (Å²) in [5.41, 5.74) is 8.26. The van der Waals surface area contributed by atoms with Crippen LogP contribution in [0.3, 0.4) is 0 Å². The van der Waals surface area contributed by atoms with E-state index >= 15 is 0 Å². The maximum absolute atomic E-state index is 5.84. The average Bonchev–Trinajstić information content (AvgIpc) is 2.68. The van der Waals surface area contributed by atoms with Crippen LogP contribution in [0.5, 0.6) is 0 Å². The number of benzene rings is 1. The Hall–Kier alpha value is -1.33. The molecule has 0 aliphatic carbocycles. The number of aryl methyl sites for hydroxylation is 2. The highest BCUT2D eigenvalue weighted by molar-refractivity contribution is 7.99. The third-order valence-electron chi connectivity index (χ3n) is 3.72. The van der Waals surface area contributed by atoms with E-state index in [1.807, 2.05) is 0 Å². The molecular weight excluding hydrogens is 268 g/mol. The van der Waals surface area contributed by atoms with Gasteiger partial charge in [-0.2, -0.15) is 0 Å². The van der Waals surface area contributed by atoms with Crippen LogP contribution in [0.15, 0.2) is 28.3 Å². The summed E-state index contributed by atoms with van der Waals surface area (Å²) in [5.74, 6) is 1.13. The highest BCUT2D eigenvalue weighted by Crippen LogP contribution is 2.31. The summed E-state index contributed by atoms with van der Waals surface area (Å²) in [6.45, 7) is 3.70. The molecule has 0 unspecified atom stereocenters. The smallest absolute Gasteiger partial charge is 0.196 e. The molecular formula is C15H20N4S. The Morgan fingerprint density at radius 3 is 3.00 bits per heavy atom. The Labute approximate surface area is 123 Å². The molecule has 2 heterocycles. The third-order valence-corrected chi connectivity index (χ3v) is 4.80. The van der Waals surface area contributed by atoms with Gasteiger partial charge in [-0.1, -0.05) is 18.6 Å². The second-order valence-corrected chi connectivity index (χ2v) is 6.29. The van der Waals surface area contributed by atoms with Crippen molar-refractivity contribution in [2.45, 2.75) is 55.7 Å². The van der Waals surface area contributed by atoms with Gasteiger partial charge in [-0.3, -0.25) is 0 Å². The van der Waals surface area contributed by atoms with Crippen LogP contribution in [0.4, 0.5) is 0 Å². The Morgan fingerprint density at radius 1 is 1.25 bits per heavy atom. The van der Waals surface area contributed by atoms with Crippen LogP contribution in [0.2, 0.25) is 0 Å². The topological polar surface area (TPSA) is 56.7 Å². The lowest BCUT2D eigenvalue weighted by Gasteiger charge is -2.10. The van der Waals surface area contributed by atoms with E-state index in [0.29, 0.717) is 6.54 Å². The van der Waals surface area contributed by atoms with Gasteiger partial charge < -0.3 is 10.3 Å². The summed E-state index contributed by atoms with van der Waals surface area (Å²) in [6.07, 6.45) is 4.77. The molecule has 2 aromatic rings. The Morgan fingerprint density at radius 2 is 2.15 bits per heavy atom. The molecule has 0 radical (unpaired) electrons. The second-order valence-electron chi connectivity index (χ2n) is 5.28. The number of rotatable bonds is 3. The monoisotopic (exact) mass is 288 g/mol. The Balaban J connectivity index is 1.92. The van der Waals surface area contributed by atoms with Crippen LogP contribution in [-0.2, 0) is 19.5 Å². The van der Waals surface area contributed by atoms with Gasteiger partial charge in [-0.05, 0) is 48.7 Å². The van der Waals surface area contributed by atoms with Gasteiger partial charge in [-0.15, -0.1) is 10.2 Å². The van der Waals surface area contributed by atoms with Crippen molar-refractivity contribution in [1.29, 1.82) is 0 Å². The molecule has 3 rings (SSSR count). The maximum Gasteiger partial charge on any atom is 0.196 e. The van der Waals surface area contributed by atoms with Crippen LogP contribution in [-0.4, -0.2) is 14.8 Å². The first-order valence-electron chi connectivity index (χ1n) is 7.17. The van der Waals surface area contributed by atoms with Crippen LogP contribution >= 0.6 is 11.8 Å². The molecule has 0 spiro atoms. The van der Waals surface area contributed by atoms with Gasteiger partial charge in [0.15, 0.2) is 5.16 Å². The fourth-order valence-corrected chi connectivity index (χ4v) is 3.67. The minimum atomic E-state index is 0.559. The maximum atomic E-state index is 5.84. The standard InChI is InChI=1S/C15H20N4S/c1-11-6-7-12(10-16)13(9-11)20-15-18-17-14-5-3-2-4-8-19(14)15/h6-7,9H,2-5,8,10,16H2,1H3. The van der Waals surface area contributed by atoms with E-state index in [1.165, 1.54) is 35.3 Å². The lowest BCUT2D eigenvalue weighted by molar-refractivity contribution is 0.591. The summed E-state index contributed by atoms with van der Waals surface area (Å²) in [5, 5.41) is 9.73. The molecule has 106 valence electrons. The van der Waals surface area contributed by atoms with Crippen molar-refractivity contribution in [3.05, 3.63) is 35.2 Å². The normalized spacial score (nSPS) is 14.9. The summed E-state index contributed by atoms with van der Waals surface area (Å²) >= 11 is 1.69. The van der Waals surface area contributed by atoms with Crippen molar-refractivity contribution < 1.29 is 0 Å². The number of hydrogen-bond donors (Lipinski definition) is 1. The zero-order valence-electron chi connectivity index (χ0n) is 11.8. The molecule has 0 amide bonds. The van der Waals surface area contributed by atoms with Crippen molar-refractivity contribution in [1.82, 2.24) is 14.8 Å². The Kier molecular flexibility index (Phi) is 4.08. The summed E-state index contributed by atoms with van der Waals surface area (Å²) in [6, 6.07) is 6.40. The lowest BCUT2D eigenvalue weighted by atomic mass is 10.1. The molecule has 0 bridgehead atoms. The van der Waals surface area contributed by atoms with Gasteiger partial charge in [0, 0.05) is 24.4 Å². The van der Waals surface area contributed by atoms with Gasteiger partial charge in [0.05, 0.1) is 0 Å². The van der Waals surface area contributed by atoms with E-state index in [9.17, 15) is 0 Å². The number of fused-ring (bicyclic) bond motifs is 1. The average molecular weight is 288 g/mol. The van der Waals surface area contributed by atoms with E-state index < -0.39 is 0 Å². The van der Waals surface area contributed by atoms with Crippen molar-refractivity contribution in [3.63, 3.8) is 0 Å². The van der Waals surface area contributed by atoms with Gasteiger partial charge >= 0.3 is 0 Å². The predicted molar refractivity (Wildman–Crippen MR) is 80.8 cm³/mol. The quantitative estimate of drug-likeness (QED) is 0.943. The van der Waals surface area contributed by atoms with Gasteiger partial charge in [0.25, 0.3) is 0 Å². The number of nitrogens with two attached hydrogens (primary N) is 1. The molecule has 1 aromatic carbocycles. The number of aromatic nitrogens is 3. The largest absolute Gasteiger partial charge is 0.326 e. The van der Waals surface area contributed by atoms with Crippen LogP contribution in [0, 0.1) is 6.92 Å². The third kappa shape index (κ3) is 2.74. The zero-order valence-corrected chi connectivity index (χ0v) is 12.6. The van der Waals surface area contributed by atoms with E-state index in [-0.39, 0.29) is 0 Å². The number of nitrogens with zero attached hydrogens (tertiary/aromatic N) is 3. The van der Waals surface area contributed by atoms with Gasteiger partial charge in [-0.25, -0.2) is 0 Å². The van der Waals surface area contributed by atoms with Gasteiger partial charge in [0.1, 0.15) is 5.82 Å². The first-order chi connectivity index (χ1) is 9.78. The molecule has 0 fully saturated rings. The fraction of sp³-hybridized carbons (Fsp3) is 0.467. The summed E-state index contributed by atoms with van der Waals surface area (Å²) in [4.78, 5) is 1.20. The molecule has 0 saturated heterocycles. The zero-order chi connectivity index (χ0) is 13.9. The van der Waals surface area contributed by atoms with E-state index in [1.54, 1.807) is 11.8 Å². The first-order valence-corrected chi connectivity index (χ1v) is 7.99. The van der Waals surface area contributed by atoms with Crippen LogP contribution in [0.25, 0.3) is 0 Å². The van der Waals surface area contributed by atoms with E-state index in [0.717, 1.165) is 23.9 Å². The molecule has 1 aliphatic heterocycles. The van der Waals surface area contributed by atoms with Crippen LogP contribution in [0.1, 0.15) is 36.2 Å². The van der Waals surface area contributed by atoms with Crippen molar-refractivity contribution >= 4 is 11.8 Å². The van der Waals surface area contributed by atoms with Crippen molar-refractivity contribution in [2.75, 3.05) is 0 Å². The summed E-state index contributed by atoms with van der Waals surface area (Å²) < 4.78 is 2.28. The molecule has 4 nitrogen and oxygen atoms in total. The number of hydrogen-bond acceptors (Lipinski definition) is 4. The molecule has 0 atom stereocenters. The van der Waals surface area contributed by atoms with Crippen molar-refractivity contribution in [3.8, 4) is 0 Å². The minimum absolute atomic E-state index is 0.559. The van der Waals surface area contributed by atoms with Crippen molar-refractivity contribution in [2.24, 2.45) is 5.73 Å². The SMILES string of the molecule is Cc1ccc(CN)c(Sc2nnc3n2CCCCC3)c1. The van der Waals surface area contributed by atoms with E-state index in [4.69, 9.17) is 5.73 Å². The highest BCUT2D eigenvalue weighted by atomic mass is 32.2. The second kappa shape index (κ2) is 5.97. The molecule has 1 aliphatic rings. The van der Waals surface area contributed by atoms with Crippen LogP contribution < -0.4 is 5.73 Å². The molecule has 1 aromatic heterocycles. The summed E-state index contributed by atoms with van der Waals surface area (Å²) in [7, 11) is 0. The highest BCUT2D eigenvalue weighted by Gasteiger charge is 2.16. The molecule has 2 N–H and O–H groups in total. The first kappa shape index (κ1) is 13.6. The Bertz CT molecular complexity index is 606. The van der Waals surface area contributed by atoms with E-state index in [2.05, 4.69) is 39.9 Å². The minimum Gasteiger partial charge on any atom is -0.326 e. The van der Waals surface area contributed by atoms with Gasteiger partial charge in [0.2, 0.25) is 0 Å². The molecule has 5 heteroatoms. The molecule has 20 heavy (non-hydrogen) atoms. The predicted octanol–water partition coefficient (Wildman–Crippen LogP) is 2.92. The lowest BCUT2D eigenvalue weighted by Crippen LogP contribution is -2.03. The fourth-order valence-electron chi connectivity index (χ4n) is 2.56. The molecule has 0 saturated carbocycles.